The summed E-state index contributed by atoms with van der Waals surface area (Å²) in [6, 6.07) is 13.5. The van der Waals surface area contributed by atoms with Crippen LogP contribution in [0.1, 0.15) is 12.5 Å². The zero-order chi connectivity index (χ0) is 25.2. The molecule has 0 amide bonds. The summed E-state index contributed by atoms with van der Waals surface area (Å²) in [5.41, 5.74) is 3.52. The van der Waals surface area contributed by atoms with E-state index in [4.69, 9.17) is 10.1 Å². The lowest BCUT2D eigenvalue weighted by Crippen LogP contribution is -2.75. The highest BCUT2D eigenvalue weighted by atomic mass is 32.2. The third-order valence-corrected chi connectivity index (χ3v) is 8.30. The first-order valence-electron chi connectivity index (χ1n) is 11.2. The van der Waals surface area contributed by atoms with Gasteiger partial charge < -0.3 is 9.64 Å². The number of aliphatic imine (C=N–C) groups is 1. The first-order chi connectivity index (χ1) is 16.7. The number of hydrogen-bond donors (Lipinski definition) is 2. The van der Waals surface area contributed by atoms with E-state index in [1.54, 1.807) is 38.6 Å². The minimum absolute atomic E-state index is 0.284. The number of halogens is 1. The molecule has 0 saturated carbocycles. The first-order valence-corrected chi connectivity index (χ1v) is 12.7. The van der Waals surface area contributed by atoms with Crippen molar-refractivity contribution in [2.75, 3.05) is 27.2 Å². The monoisotopic (exact) mass is 498 g/mol. The zero-order valence-electron chi connectivity index (χ0n) is 19.9. The van der Waals surface area contributed by atoms with Crippen LogP contribution >= 0.6 is 0 Å². The third-order valence-electron chi connectivity index (χ3n) is 6.16. The Morgan fingerprint density at radius 1 is 1.20 bits per heavy atom. The Bertz CT molecular complexity index is 1300. The second-order valence-corrected chi connectivity index (χ2v) is 11.0. The van der Waals surface area contributed by atoms with Crippen LogP contribution in [0.25, 0.3) is 0 Å². The predicted molar refractivity (Wildman–Crippen MR) is 134 cm³/mol. The Morgan fingerprint density at radius 3 is 2.46 bits per heavy atom. The molecule has 2 aromatic carbocycles. The van der Waals surface area contributed by atoms with Gasteiger partial charge in [0.2, 0.25) is 10.0 Å². The summed E-state index contributed by atoms with van der Waals surface area (Å²) >= 11 is 0. The average Bonchev–Trinajstić information content (AvgIpc) is 2.80. The number of sulfonamides is 1. The molecule has 2 aromatic rings. The number of quaternary nitrogens is 1. The SMILES string of the molecule is COc1ccc(CN(C)S(=O)(=O)C2CN(C3=CC(=N)/C(=C(/C)[NH2+]c4ccc(F)cc4)C=N3)C2)cc1. The van der Waals surface area contributed by atoms with Gasteiger partial charge in [0.05, 0.1) is 18.4 Å². The number of methoxy groups -OCH3 is 1. The molecular formula is C25H29FN5O3S+. The maximum absolute atomic E-state index is 13.1. The summed E-state index contributed by atoms with van der Waals surface area (Å²) in [5.74, 6) is 1.01. The van der Waals surface area contributed by atoms with Crippen molar-refractivity contribution in [2.24, 2.45) is 4.99 Å². The van der Waals surface area contributed by atoms with Crippen molar-refractivity contribution >= 4 is 27.6 Å². The van der Waals surface area contributed by atoms with Crippen LogP contribution in [0.15, 0.2) is 76.7 Å². The van der Waals surface area contributed by atoms with Gasteiger partial charge in [-0.05, 0) is 29.8 Å². The van der Waals surface area contributed by atoms with Crippen molar-refractivity contribution in [1.29, 1.82) is 5.41 Å². The van der Waals surface area contributed by atoms with Gasteiger partial charge in [0.15, 0.2) is 0 Å². The number of nitrogens with zero attached hydrogens (tertiary/aromatic N) is 3. The van der Waals surface area contributed by atoms with Crippen molar-refractivity contribution in [1.82, 2.24) is 9.21 Å². The van der Waals surface area contributed by atoms with Gasteiger partial charge in [-0.25, -0.2) is 22.1 Å². The second kappa shape index (κ2) is 10.1. The van der Waals surface area contributed by atoms with Crippen molar-refractivity contribution in [3.8, 4) is 5.75 Å². The van der Waals surface area contributed by atoms with Crippen LogP contribution in [-0.2, 0) is 16.6 Å². The van der Waals surface area contributed by atoms with Crippen LogP contribution in [0.5, 0.6) is 5.75 Å². The maximum Gasteiger partial charge on any atom is 0.220 e. The quantitative estimate of drug-likeness (QED) is 0.546. The van der Waals surface area contributed by atoms with Gasteiger partial charge in [0.25, 0.3) is 0 Å². The van der Waals surface area contributed by atoms with E-state index in [0.717, 1.165) is 22.7 Å². The molecule has 2 aliphatic heterocycles. The van der Waals surface area contributed by atoms with E-state index in [1.165, 1.54) is 16.4 Å². The lowest BCUT2D eigenvalue weighted by atomic mass is 10.1. The number of likely N-dealkylation sites (tertiary alicyclic amines) is 1. The number of allylic oxidation sites excluding steroid dienone is 3. The molecule has 3 N–H and O–H groups in total. The number of benzene rings is 2. The van der Waals surface area contributed by atoms with E-state index in [1.807, 2.05) is 41.4 Å². The van der Waals surface area contributed by atoms with Crippen LogP contribution in [0.2, 0.25) is 0 Å². The van der Waals surface area contributed by atoms with Gasteiger partial charge in [0, 0.05) is 58.0 Å². The molecule has 0 aliphatic carbocycles. The van der Waals surface area contributed by atoms with Crippen LogP contribution in [0.3, 0.4) is 0 Å². The minimum atomic E-state index is -3.48. The number of ether oxygens (including phenoxy) is 1. The van der Waals surface area contributed by atoms with Crippen LogP contribution in [0.4, 0.5) is 10.1 Å². The standard InChI is InChI=1S/C25H28FN5O3S/c1-17(29-20-8-6-19(26)7-9-20)23-13-28-25(12-24(23)27)31-15-22(16-31)35(32,33)30(2)14-18-4-10-21(34-3)11-5-18/h4-13,22,27,29H,14-16H2,1-3H3/p+1/b23-17-,27-24?. The van der Waals surface area contributed by atoms with E-state index in [9.17, 15) is 12.8 Å². The van der Waals surface area contributed by atoms with Crippen LogP contribution in [-0.4, -0.2) is 62.0 Å². The van der Waals surface area contributed by atoms with Gasteiger partial charge >= 0.3 is 0 Å². The van der Waals surface area contributed by atoms with E-state index < -0.39 is 15.3 Å². The molecule has 8 nitrogen and oxygen atoms in total. The molecular weight excluding hydrogens is 469 g/mol. The fourth-order valence-corrected chi connectivity index (χ4v) is 5.54. The molecule has 0 bridgehead atoms. The van der Waals surface area contributed by atoms with Crippen LogP contribution in [0, 0.1) is 11.2 Å². The molecule has 1 saturated heterocycles. The lowest BCUT2D eigenvalue weighted by molar-refractivity contribution is -0.517. The van der Waals surface area contributed by atoms with E-state index in [-0.39, 0.29) is 12.4 Å². The van der Waals surface area contributed by atoms with Crippen LogP contribution < -0.4 is 10.1 Å². The fourth-order valence-electron chi connectivity index (χ4n) is 3.96. The molecule has 2 aliphatic rings. The fraction of sp³-hybridized carbons (Fsp3) is 0.280. The Balaban J connectivity index is 1.35. The summed E-state index contributed by atoms with van der Waals surface area (Å²) in [5, 5.41) is 9.77. The normalized spacial score (nSPS) is 17.9. The molecule has 4 rings (SSSR count). The molecule has 0 radical (unpaired) electrons. The van der Waals surface area contributed by atoms with Crippen molar-refractivity contribution in [2.45, 2.75) is 18.7 Å². The Labute approximate surface area is 205 Å². The molecule has 2 heterocycles. The largest absolute Gasteiger partial charge is 0.497 e. The van der Waals surface area contributed by atoms with Gasteiger partial charge in [-0.2, -0.15) is 0 Å². The number of nitrogens with two attached hydrogens (primary N) is 1. The smallest absolute Gasteiger partial charge is 0.220 e. The molecule has 0 aromatic heterocycles. The summed E-state index contributed by atoms with van der Waals surface area (Å²) in [4.78, 5) is 6.33. The summed E-state index contributed by atoms with van der Waals surface area (Å²) < 4.78 is 45.7. The maximum atomic E-state index is 13.1. The highest BCUT2D eigenvalue weighted by Crippen LogP contribution is 2.26. The first kappa shape index (κ1) is 24.8. The molecule has 184 valence electrons. The third kappa shape index (κ3) is 5.50. The van der Waals surface area contributed by atoms with Crippen molar-refractivity contribution < 1.29 is 22.9 Å². The summed E-state index contributed by atoms with van der Waals surface area (Å²) in [6.45, 7) is 2.81. The molecule has 0 unspecified atom stereocenters. The predicted octanol–water partition coefficient (Wildman–Crippen LogP) is 2.39. The average molecular weight is 499 g/mol. The summed E-state index contributed by atoms with van der Waals surface area (Å²) in [6.07, 6.45) is 3.28. The minimum Gasteiger partial charge on any atom is -0.497 e. The Hall–Kier alpha value is -3.34. The molecule has 0 spiro atoms. The summed E-state index contributed by atoms with van der Waals surface area (Å²) in [7, 11) is -0.297. The number of rotatable bonds is 8. The molecule has 35 heavy (non-hydrogen) atoms. The second-order valence-electron chi connectivity index (χ2n) is 8.64. The Morgan fingerprint density at radius 2 is 1.86 bits per heavy atom. The number of hydrogen-bond acceptors (Lipinski definition) is 6. The van der Waals surface area contributed by atoms with Crippen molar-refractivity contribution in [3.63, 3.8) is 0 Å². The highest BCUT2D eigenvalue weighted by molar-refractivity contribution is 7.89. The van der Waals surface area contributed by atoms with E-state index in [2.05, 4.69) is 4.99 Å². The number of nitrogens with one attached hydrogen (secondary N) is 1. The van der Waals surface area contributed by atoms with Gasteiger partial charge in [-0.3, -0.25) is 10.7 Å². The molecule has 1 fully saturated rings. The van der Waals surface area contributed by atoms with Gasteiger partial charge in [-0.1, -0.05) is 12.1 Å². The zero-order valence-corrected chi connectivity index (χ0v) is 20.7. The van der Waals surface area contributed by atoms with Gasteiger partial charge in [0.1, 0.15) is 34.0 Å². The van der Waals surface area contributed by atoms with Gasteiger partial charge in [-0.15, -0.1) is 0 Å². The van der Waals surface area contributed by atoms with E-state index >= 15 is 0 Å². The van der Waals surface area contributed by atoms with Crippen molar-refractivity contribution in [3.05, 3.63) is 83.1 Å². The van der Waals surface area contributed by atoms with E-state index in [0.29, 0.717) is 30.2 Å². The highest BCUT2D eigenvalue weighted by Gasteiger charge is 2.41. The topological polar surface area (TPSA) is 103 Å². The molecule has 10 heteroatoms. The lowest BCUT2D eigenvalue weighted by Gasteiger charge is -2.42. The Kier molecular flexibility index (Phi) is 7.15. The molecule has 0 atom stereocenters.